The van der Waals surface area contributed by atoms with Gasteiger partial charge in [-0.25, -0.2) is 0 Å². The van der Waals surface area contributed by atoms with Crippen molar-refractivity contribution in [3.05, 3.63) is 35.7 Å². The van der Waals surface area contributed by atoms with Crippen molar-refractivity contribution in [1.82, 2.24) is 10.2 Å². The molecule has 116 valence electrons. The first-order valence-corrected chi connectivity index (χ1v) is 7.45. The van der Waals surface area contributed by atoms with E-state index in [4.69, 9.17) is 4.74 Å². The predicted octanol–water partition coefficient (Wildman–Crippen LogP) is 1.46. The zero-order chi connectivity index (χ0) is 15.5. The number of likely N-dealkylation sites (tertiary alicyclic amines) is 1. The van der Waals surface area contributed by atoms with E-state index in [1.165, 1.54) is 6.42 Å². The van der Waals surface area contributed by atoms with Crippen LogP contribution in [0.5, 0.6) is 5.75 Å². The second kappa shape index (κ2) is 6.09. The van der Waals surface area contributed by atoms with Gasteiger partial charge in [-0.05, 0) is 43.5 Å². The minimum absolute atomic E-state index is 0.317. The van der Waals surface area contributed by atoms with Gasteiger partial charge in [-0.15, -0.1) is 0 Å². The van der Waals surface area contributed by atoms with Crippen LogP contribution in [0.4, 0.5) is 5.69 Å². The lowest BCUT2D eigenvalue weighted by Crippen LogP contribution is -2.34. The van der Waals surface area contributed by atoms with Gasteiger partial charge in [0.05, 0.1) is 7.11 Å². The molecule has 2 amide bonds. The standard InChI is InChI=1S/C16H19N3O3/c1-22-12-7-5-11(6-8-12)17-13-14(16(21)18-15(13)20)19-9-3-2-4-10-19/h5-8H,2-4,9-10H2,1H3,(H2,17,18,20,21). The van der Waals surface area contributed by atoms with Crippen LogP contribution < -0.4 is 15.4 Å². The Labute approximate surface area is 129 Å². The van der Waals surface area contributed by atoms with Gasteiger partial charge >= 0.3 is 0 Å². The van der Waals surface area contributed by atoms with Crippen molar-refractivity contribution < 1.29 is 14.3 Å². The molecule has 2 aliphatic heterocycles. The Morgan fingerprint density at radius 2 is 1.73 bits per heavy atom. The van der Waals surface area contributed by atoms with Gasteiger partial charge in [0.25, 0.3) is 11.8 Å². The van der Waals surface area contributed by atoms with E-state index in [1.807, 2.05) is 17.0 Å². The summed E-state index contributed by atoms with van der Waals surface area (Å²) in [6.45, 7) is 1.62. The maximum absolute atomic E-state index is 12.1. The summed E-state index contributed by atoms with van der Waals surface area (Å²) in [5.41, 5.74) is 1.53. The van der Waals surface area contributed by atoms with Crippen molar-refractivity contribution in [2.45, 2.75) is 19.3 Å². The largest absolute Gasteiger partial charge is 0.497 e. The van der Waals surface area contributed by atoms with Crippen LogP contribution in [0.15, 0.2) is 35.7 Å². The molecule has 0 radical (unpaired) electrons. The number of methoxy groups -OCH3 is 1. The number of carbonyl (C=O) groups excluding carboxylic acids is 2. The molecule has 1 fully saturated rings. The molecule has 6 heteroatoms. The molecule has 0 saturated carbocycles. The van der Waals surface area contributed by atoms with Crippen molar-refractivity contribution >= 4 is 17.5 Å². The third-order valence-electron chi connectivity index (χ3n) is 3.94. The summed E-state index contributed by atoms with van der Waals surface area (Å²) < 4.78 is 5.11. The van der Waals surface area contributed by atoms with Crippen molar-refractivity contribution in [1.29, 1.82) is 0 Å². The Hall–Kier alpha value is -2.50. The number of nitrogens with one attached hydrogen (secondary N) is 2. The van der Waals surface area contributed by atoms with Gasteiger partial charge in [0.2, 0.25) is 0 Å². The summed E-state index contributed by atoms with van der Waals surface area (Å²) in [5.74, 6) is 0.0482. The Balaban J connectivity index is 1.87. The number of carbonyl (C=O) groups is 2. The lowest BCUT2D eigenvalue weighted by Gasteiger charge is -2.29. The zero-order valence-electron chi connectivity index (χ0n) is 12.5. The molecule has 0 bridgehead atoms. The summed E-state index contributed by atoms with van der Waals surface area (Å²) in [6.07, 6.45) is 3.25. The van der Waals surface area contributed by atoms with E-state index in [-0.39, 0.29) is 11.8 Å². The number of rotatable bonds is 4. The molecule has 22 heavy (non-hydrogen) atoms. The fourth-order valence-electron chi connectivity index (χ4n) is 2.80. The van der Waals surface area contributed by atoms with Crippen LogP contribution in [0.3, 0.4) is 0 Å². The maximum atomic E-state index is 12.1. The molecule has 0 aliphatic carbocycles. The number of hydrogen-bond acceptors (Lipinski definition) is 5. The van der Waals surface area contributed by atoms with E-state index in [0.717, 1.165) is 37.4 Å². The Kier molecular flexibility index (Phi) is 4.00. The monoisotopic (exact) mass is 301 g/mol. The summed E-state index contributed by atoms with van der Waals surface area (Å²) in [4.78, 5) is 26.2. The van der Waals surface area contributed by atoms with Crippen LogP contribution in [0.25, 0.3) is 0 Å². The van der Waals surface area contributed by atoms with Gasteiger partial charge in [-0.2, -0.15) is 0 Å². The second-order valence-electron chi connectivity index (χ2n) is 5.41. The molecule has 1 aromatic rings. The number of benzene rings is 1. The summed E-state index contributed by atoms with van der Waals surface area (Å²) >= 11 is 0. The highest BCUT2D eigenvalue weighted by Crippen LogP contribution is 2.24. The van der Waals surface area contributed by atoms with Crippen molar-refractivity contribution in [3.8, 4) is 5.75 Å². The fourth-order valence-corrected chi connectivity index (χ4v) is 2.80. The van der Waals surface area contributed by atoms with E-state index >= 15 is 0 Å². The predicted molar refractivity (Wildman–Crippen MR) is 82.2 cm³/mol. The number of ether oxygens (including phenoxy) is 1. The molecule has 2 aliphatic rings. The van der Waals surface area contributed by atoms with Gasteiger partial charge < -0.3 is 15.0 Å². The van der Waals surface area contributed by atoms with Gasteiger partial charge in [0.1, 0.15) is 17.1 Å². The van der Waals surface area contributed by atoms with Crippen LogP contribution in [0, 0.1) is 0 Å². The third kappa shape index (κ3) is 2.77. The average Bonchev–Trinajstić information content (AvgIpc) is 2.83. The Bertz CT molecular complexity index is 616. The smallest absolute Gasteiger partial charge is 0.276 e. The zero-order valence-corrected chi connectivity index (χ0v) is 12.5. The molecule has 2 heterocycles. The molecule has 0 aromatic heterocycles. The highest BCUT2D eigenvalue weighted by molar-refractivity contribution is 6.20. The molecule has 2 N–H and O–H groups in total. The first-order chi connectivity index (χ1) is 10.7. The first-order valence-electron chi connectivity index (χ1n) is 7.45. The molecule has 0 unspecified atom stereocenters. The topological polar surface area (TPSA) is 70.7 Å². The number of anilines is 1. The fraction of sp³-hybridized carbons (Fsp3) is 0.375. The number of hydrogen-bond donors (Lipinski definition) is 2. The molecule has 1 saturated heterocycles. The third-order valence-corrected chi connectivity index (χ3v) is 3.94. The summed E-state index contributed by atoms with van der Waals surface area (Å²) in [6, 6.07) is 7.24. The summed E-state index contributed by atoms with van der Waals surface area (Å²) in [5, 5.41) is 5.45. The lowest BCUT2D eigenvalue weighted by molar-refractivity contribution is -0.124. The Morgan fingerprint density at radius 1 is 1.05 bits per heavy atom. The van der Waals surface area contributed by atoms with E-state index < -0.39 is 0 Å². The number of imide groups is 1. The normalized spacial score (nSPS) is 18.5. The Morgan fingerprint density at radius 3 is 2.36 bits per heavy atom. The van der Waals surface area contributed by atoms with Gasteiger partial charge in [0.15, 0.2) is 0 Å². The number of piperidine rings is 1. The molecule has 0 atom stereocenters. The lowest BCUT2D eigenvalue weighted by atomic mass is 10.1. The van der Waals surface area contributed by atoms with Gasteiger partial charge in [0, 0.05) is 18.8 Å². The van der Waals surface area contributed by atoms with E-state index in [0.29, 0.717) is 11.4 Å². The molecule has 1 aromatic carbocycles. The van der Waals surface area contributed by atoms with Crippen LogP contribution in [0.2, 0.25) is 0 Å². The molecular formula is C16H19N3O3. The van der Waals surface area contributed by atoms with Crippen LogP contribution in [-0.4, -0.2) is 36.9 Å². The quantitative estimate of drug-likeness (QED) is 0.824. The summed E-state index contributed by atoms with van der Waals surface area (Å²) in [7, 11) is 1.60. The molecule has 3 rings (SSSR count). The average molecular weight is 301 g/mol. The van der Waals surface area contributed by atoms with Crippen molar-refractivity contribution in [3.63, 3.8) is 0 Å². The van der Waals surface area contributed by atoms with Crippen molar-refractivity contribution in [2.75, 3.05) is 25.5 Å². The van der Waals surface area contributed by atoms with Crippen LogP contribution >= 0.6 is 0 Å². The van der Waals surface area contributed by atoms with Crippen LogP contribution in [-0.2, 0) is 9.59 Å². The minimum Gasteiger partial charge on any atom is -0.497 e. The minimum atomic E-state index is -0.374. The SMILES string of the molecule is COc1ccc(NC2=C(N3CCCCC3)C(=O)NC2=O)cc1. The van der Waals surface area contributed by atoms with E-state index in [2.05, 4.69) is 10.6 Å². The van der Waals surface area contributed by atoms with Crippen molar-refractivity contribution in [2.24, 2.45) is 0 Å². The first kappa shape index (κ1) is 14.4. The van der Waals surface area contributed by atoms with E-state index in [1.54, 1.807) is 19.2 Å². The molecular weight excluding hydrogens is 282 g/mol. The van der Waals surface area contributed by atoms with Crippen LogP contribution in [0.1, 0.15) is 19.3 Å². The number of nitrogens with zero attached hydrogens (tertiary/aromatic N) is 1. The number of amides is 2. The molecule has 6 nitrogen and oxygen atoms in total. The second-order valence-corrected chi connectivity index (χ2v) is 5.41. The molecule has 0 spiro atoms. The van der Waals surface area contributed by atoms with E-state index in [9.17, 15) is 9.59 Å². The highest BCUT2D eigenvalue weighted by atomic mass is 16.5. The maximum Gasteiger partial charge on any atom is 0.276 e. The highest BCUT2D eigenvalue weighted by Gasteiger charge is 2.34. The van der Waals surface area contributed by atoms with Gasteiger partial charge in [-0.3, -0.25) is 14.9 Å². The van der Waals surface area contributed by atoms with Gasteiger partial charge in [-0.1, -0.05) is 0 Å².